The van der Waals surface area contributed by atoms with Crippen molar-refractivity contribution in [2.75, 3.05) is 25.2 Å². The van der Waals surface area contributed by atoms with E-state index < -0.39 is 9.84 Å². The van der Waals surface area contributed by atoms with Gasteiger partial charge in [0.05, 0.1) is 35.3 Å². The number of ether oxygens (including phenoxy) is 1. The summed E-state index contributed by atoms with van der Waals surface area (Å²) in [6, 6.07) is 10.8. The summed E-state index contributed by atoms with van der Waals surface area (Å²) in [6.07, 6.45) is 3.93. The Hall–Kier alpha value is -2.71. The number of methoxy groups -OCH3 is 1. The number of nitrogens with zero attached hydrogens (tertiary/aromatic N) is 2. The van der Waals surface area contributed by atoms with Crippen LogP contribution in [0, 0.1) is 11.7 Å². The van der Waals surface area contributed by atoms with Gasteiger partial charge in [0, 0.05) is 34.7 Å². The molecule has 1 N–H and O–H groups in total. The Balaban J connectivity index is 1.78. The molecule has 0 spiro atoms. The minimum atomic E-state index is -2.93. The molecule has 2 aromatic carbocycles. The number of H-pyrrole nitrogens is 1. The van der Waals surface area contributed by atoms with Gasteiger partial charge in [0.2, 0.25) is 0 Å². The van der Waals surface area contributed by atoms with Gasteiger partial charge in [-0.15, -0.1) is 0 Å². The number of hydrogen-bond acceptors (Lipinski definition) is 4. The fraction of sp³-hybridized carbons (Fsp3) is 0.423. The van der Waals surface area contributed by atoms with E-state index in [4.69, 9.17) is 4.74 Å². The first-order chi connectivity index (χ1) is 16.2. The van der Waals surface area contributed by atoms with Crippen LogP contribution in [0.4, 0.5) is 4.39 Å². The zero-order valence-electron chi connectivity index (χ0n) is 19.8. The number of hydrogen-bond donors (Lipinski definition) is 1. The molecule has 5 rings (SSSR count). The molecule has 0 unspecified atom stereocenters. The van der Waals surface area contributed by atoms with Gasteiger partial charge in [-0.1, -0.05) is 13.8 Å². The molecule has 2 aromatic heterocycles. The lowest BCUT2D eigenvalue weighted by atomic mass is 9.83. The minimum Gasteiger partial charge on any atom is -0.384 e. The van der Waals surface area contributed by atoms with Gasteiger partial charge >= 0.3 is 0 Å². The number of fused-ring (bicyclic) bond motifs is 2. The van der Waals surface area contributed by atoms with Crippen LogP contribution in [0.1, 0.15) is 37.9 Å². The third kappa shape index (κ3) is 4.14. The number of rotatable bonds is 6. The highest BCUT2D eigenvalue weighted by molar-refractivity contribution is 7.91. The SMILES string of the molecule is COCC(C)(C)c1c(CC2CCS(=O)(=O)CC2)c2cc3[nH]ncc3cc2n1-c1ccc(F)cc1. The molecule has 0 amide bonds. The summed E-state index contributed by atoms with van der Waals surface area (Å²) < 4.78 is 45.8. The number of halogens is 1. The smallest absolute Gasteiger partial charge is 0.150 e. The van der Waals surface area contributed by atoms with Gasteiger partial charge in [-0.2, -0.15) is 5.10 Å². The fourth-order valence-electron chi connectivity index (χ4n) is 5.43. The number of benzene rings is 2. The molecule has 1 fully saturated rings. The molecule has 0 aliphatic carbocycles. The average molecular weight is 484 g/mol. The molecule has 1 saturated heterocycles. The Morgan fingerprint density at radius 1 is 1.18 bits per heavy atom. The third-order valence-electron chi connectivity index (χ3n) is 7.03. The molecular weight excluding hydrogens is 453 g/mol. The van der Waals surface area contributed by atoms with Crippen LogP contribution in [0.2, 0.25) is 0 Å². The van der Waals surface area contributed by atoms with Crippen molar-refractivity contribution in [2.24, 2.45) is 5.92 Å². The van der Waals surface area contributed by atoms with E-state index in [9.17, 15) is 12.8 Å². The molecule has 0 atom stereocenters. The van der Waals surface area contributed by atoms with Gasteiger partial charge in [0.25, 0.3) is 0 Å². The summed E-state index contributed by atoms with van der Waals surface area (Å²) in [5.74, 6) is 0.496. The predicted molar refractivity (Wildman–Crippen MR) is 133 cm³/mol. The summed E-state index contributed by atoms with van der Waals surface area (Å²) in [6.45, 7) is 4.83. The van der Waals surface area contributed by atoms with Gasteiger partial charge < -0.3 is 9.30 Å². The molecule has 3 heterocycles. The molecule has 1 aliphatic heterocycles. The summed E-state index contributed by atoms with van der Waals surface area (Å²) in [4.78, 5) is 0. The van der Waals surface area contributed by atoms with E-state index in [1.54, 1.807) is 19.2 Å². The van der Waals surface area contributed by atoms with Crippen molar-refractivity contribution in [3.63, 3.8) is 0 Å². The highest BCUT2D eigenvalue weighted by atomic mass is 32.2. The second-order valence-corrected chi connectivity index (χ2v) is 12.4. The Bertz CT molecular complexity index is 1440. The Kier molecular flexibility index (Phi) is 5.76. The highest BCUT2D eigenvalue weighted by Gasteiger charge is 2.33. The highest BCUT2D eigenvalue weighted by Crippen LogP contribution is 2.41. The summed E-state index contributed by atoms with van der Waals surface area (Å²) in [5.41, 5.74) is 4.83. The zero-order chi connectivity index (χ0) is 24.1. The first kappa shape index (κ1) is 23.1. The summed E-state index contributed by atoms with van der Waals surface area (Å²) in [7, 11) is -1.23. The van der Waals surface area contributed by atoms with Crippen LogP contribution in [0.15, 0.2) is 42.6 Å². The van der Waals surface area contributed by atoms with E-state index in [2.05, 4.69) is 40.7 Å². The van der Waals surface area contributed by atoms with Crippen LogP contribution < -0.4 is 0 Å². The van der Waals surface area contributed by atoms with E-state index >= 15 is 0 Å². The predicted octanol–water partition coefficient (Wildman–Crippen LogP) is 4.94. The van der Waals surface area contributed by atoms with Crippen molar-refractivity contribution < 1.29 is 17.5 Å². The van der Waals surface area contributed by atoms with Crippen LogP contribution in [0.25, 0.3) is 27.5 Å². The first-order valence-electron chi connectivity index (χ1n) is 11.6. The van der Waals surface area contributed by atoms with E-state index in [-0.39, 0.29) is 28.7 Å². The molecule has 0 bridgehead atoms. The van der Waals surface area contributed by atoms with E-state index in [0.29, 0.717) is 19.4 Å². The van der Waals surface area contributed by atoms with E-state index in [1.807, 2.05) is 6.20 Å². The van der Waals surface area contributed by atoms with Crippen LogP contribution in [-0.2, 0) is 26.4 Å². The monoisotopic (exact) mass is 483 g/mol. The van der Waals surface area contributed by atoms with Crippen LogP contribution in [0.5, 0.6) is 0 Å². The van der Waals surface area contributed by atoms with Crippen molar-refractivity contribution >= 4 is 31.6 Å². The zero-order valence-corrected chi connectivity index (χ0v) is 20.6. The molecule has 0 saturated carbocycles. The maximum absolute atomic E-state index is 13.8. The molecule has 34 heavy (non-hydrogen) atoms. The fourth-order valence-corrected chi connectivity index (χ4v) is 7.02. The minimum absolute atomic E-state index is 0.246. The maximum atomic E-state index is 13.8. The Labute approximate surface area is 199 Å². The lowest BCUT2D eigenvalue weighted by molar-refractivity contribution is 0.143. The third-order valence-corrected chi connectivity index (χ3v) is 8.75. The maximum Gasteiger partial charge on any atom is 0.150 e. The average Bonchev–Trinajstić information content (AvgIpc) is 3.37. The van der Waals surface area contributed by atoms with E-state index in [0.717, 1.165) is 39.6 Å². The number of nitrogens with one attached hydrogen (secondary N) is 1. The van der Waals surface area contributed by atoms with Crippen molar-refractivity contribution in [2.45, 2.75) is 38.5 Å². The van der Waals surface area contributed by atoms with Crippen molar-refractivity contribution in [3.8, 4) is 5.69 Å². The van der Waals surface area contributed by atoms with Crippen LogP contribution in [0.3, 0.4) is 0 Å². The standard InChI is InChI=1S/C26H30FN3O3S/c1-26(2,16-33-3)25-22(12-17-8-10-34(31,32)11-9-17)21-14-23-18(15-28-29-23)13-24(21)30(25)20-6-4-19(27)5-7-20/h4-7,13-15,17H,8-12,16H2,1-3H3,(H,28,29). The van der Waals surface area contributed by atoms with Crippen LogP contribution >= 0.6 is 0 Å². The van der Waals surface area contributed by atoms with Crippen molar-refractivity contribution in [1.82, 2.24) is 14.8 Å². The molecule has 180 valence electrons. The molecule has 8 heteroatoms. The molecular formula is C26H30FN3O3S. The number of aromatic amines is 1. The second-order valence-electron chi connectivity index (χ2n) is 10.1. The number of aromatic nitrogens is 3. The summed E-state index contributed by atoms with van der Waals surface area (Å²) >= 11 is 0. The van der Waals surface area contributed by atoms with Gasteiger partial charge in [0.15, 0.2) is 0 Å². The number of sulfone groups is 1. The van der Waals surface area contributed by atoms with Gasteiger partial charge in [0.1, 0.15) is 15.7 Å². The van der Waals surface area contributed by atoms with Crippen molar-refractivity contribution in [3.05, 3.63) is 59.7 Å². The van der Waals surface area contributed by atoms with Crippen molar-refractivity contribution in [1.29, 1.82) is 0 Å². The normalized spacial score (nSPS) is 17.1. The first-order valence-corrected chi connectivity index (χ1v) is 13.5. The van der Waals surface area contributed by atoms with Crippen LogP contribution in [-0.4, -0.2) is 48.4 Å². The molecule has 1 aliphatic rings. The Morgan fingerprint density at radius 3 is 2.56 bits per heavy atom. The molecule has 6 nitrogen and oxygen atoms in total. The lowest BCUT2D eigenvalue weighted by Crippen LogP contribution is -2.29. The topological polar surface area (TPSA) is 77.0 Å². The van der Waals surface area contributed by atoms with E-state index in [1.165, 1.54) is 17.7 Å². The molecule has 0 radical (unpaired) electrons. The Morgan fingerprint density at radius 2 is 1.88 bits per heavy atom. The van der Waals surface area contributed by atoms with Gasteiger partial charge in [-0.25, -0.2) is 12.8 Å². The lowest BCUT2D eigenvalue weighted by Gasteiger charge is -2.30. The van der Waals surface area contributed by atoms with Gasteiger partial charge in [-0.05, 0) is 67.1 Å². The van der Waals surface area contributed by atoms with Gasteiger partial charge in [-0.3, -0.25) is 5.10 Å². The molecule has 4 aromatic rings. The second kappa shape index (κ2) is 8.50. The summed E-state index contributed by atoms with van der Waals surface area (Å²) in [5, 5.41) is 9.39. The largest absolute Gasteiger partial charge is 0.384 e. The quantitative estimate of drug-likeness (QED) is 0.422.